The third-order valence-corrected chi connectivity index (χ3v) is 7.08. The number of piperazine rings is 1. The molecule has 2 fully saturated rings. The van der Waals surface area contributed by atoms with Gasteiger partial charge in [-0.25, -0.2) is 4.39 Å². The minimum atomic E-state index is -0.279. The molecule has 0 spiro atoms. The lowest BCUT2D eigenvalue weighted by atomic mass is 9.73. The van der Waals surface area contributed by atoms with Crippen molar-refractivity contribution in [3.8, 4) is 0 Å². The van der Waals surface area contributed by atoms with Gasteiger partial charge in [-0.3, -0.25) is 4.90 Å². The smallest absolute Gasteiger partial charge is 0.148 e. The zero-order chi connectivity index (χ0) is 19.8. The summed E-state index contributed by atoms with van der Waals surface area (Å²) in [5.74, 6) is 0.393. The average molecular weight is 418 g/mol. The largest absolute Gasteiger partial charge is 0.379 e. The Morgan fingerprint density at radius 1 is 1.17 bits per heavy atom. The second-order valence-electron chi connectivity index (χ2n) is 8.71. The summed E-state index contributed by atoms with van der Waals surface area (Å²) in [6.45, 7) is 5.15. The van der Waals surface area contributed by atoms with Gasteiger partial charge in [0.05, 0.1) is 17.9 Å². The number of fused-ring (bicyclic) bond motifs is 3. The highest BCUT2D eigenvalue weighted by Gasteiger charge is 2.45. The molecule has 3 heterocycles. The van der Waals surface area contributed by atoms with E-state index in [9.17, 15) is 4.39 Å². The Morgan fingerprint density at radius 3 is 2.83 bits per heavy atom. The van der Waals surface area contributed by atoms with Crippen molar-refractivity contribution in [2.45, 2.75) is 37.5 Å². The van der Waals surface area contributed by atoms with Gasteiger partial charge in [0.1, 0.15) is 5.82 Å². The van der Waals surface area contributed by atoms with Gasteiger partial charge < -0.3 is 15.4 Å². The maximum absolute atomic E-state index is 14.9. The highest BCUT2D eigenvalue weighted by atomic mass is 35.5. The van der Waals surface area contributed by atoms with Crippen LogP contribution in [-0.2, 0) is 4.74 Å². The van der Waals surface area contributed by atoms with Crippen molar-refractivity contribution in [2.24, 2.45) is 11.8 Å². The molecule has 0 radical (unpaired) electrons. The summed E-state index contributed by atoms with van der Waals surface area (Å²) in [5.41, 5.74) is 1.46. The summed E-state index contributed by atoms with van der Waals surface area (Å²) in [7, 11) is 0. The van der Waals surface area contributed by atoms with Crippen molar-refractivity contribution < 1.29 is 9.13 Å². The quantitative estimate of drug-likeness (QED) is 0.774. The number of ether oxygens (including phenoxy) is 1. The number of allylic oxidation sites excluding steroid dienone is 3. The fourth-order valence-electron chi connectivity index (χ4n) is 5.43. The van der Waals surface area contributed by atoms with Crippen LogP contribution in [0.15, 0.2) is 36.4 Å². The number of nitrogens with one attached hydrogen (secondary N) is 2. The molecule has 4 nitrogen and oxygen atoms in total. The van der Waals surface area contributed by atoms with Gasteiger partial charge in [-0.2, -0.15) is 0 Å². The maximum Gasteiger partial charge on any atom is 0.148 e. The van der Waals surface area contributed by atoms with Crippen LogP contribution in [0.25, 0.3) is 0 Å². The summed E-state index contributed by atoms with van der Waals surface area (Å²) < 4.78 is 21.5. The molecule has 1 aromatic carbocycles. The van der Waals surface area contributed by atoms with E-state index in [2.05, 4.69) is 39.8 Å². The van der Waals surface area contributed by atoms with Crippen molar-refractivity contribution in [1.29, 1.82) is 0 Å². The first kappa shape index (κ1) is 19.6. The van der Waals surface area contributed by atoms with Crippen molar-refractivity contribution in [2.75, 3.05) is 38.0 Å². The minimum Gasteiger partial charge on any atom is -0.379 e. The molecule has 156 valence electrons. The molecule has 2 saturated heterocycles. The van der Waals surface area contributed by atoms with Gasteiger partial charge in [-0.15, -0.1) is 0 Å². The molecule has 5 atom stereocenters. The van der Waals surface area contributed by atoms with Gasteiger partial charge in [-0.05, 0) is 31.4 Å². The summed E-state index contributed by atoms with van der Waals surface area (Å²) in [5, 5.41) is 7.38. The van der Waals surface area contributed by atoms with E-state index < -0.39 is 0 Å². The van der Waals surface area contributed by atoms with E-state index in [4.69, 9.17) is 16.3 Å². The van der Waals surface area contributed by atoms with Crippen molar-refractivity contribution >= 4 is 17.3 Å². The van der Waals surface area contributed by atoms with Crippen LogP contribution in [0.4, 0.5) is 10.1 Å². The molecule has 29 heavy (non-hydrogen) atoms. The number of nitrogens with zero attached hydrogens (tertiary/aromatic N) is 1. The molecule has 0 saturated carbocycles. The van der Waals surface area contributed by atoms with E-state index in [-0.39, 0.29) is 24.1 Å². The van der Waals surface area contributed by atoms with Crippen molar-refractivity contribution in [3.05, 3.63) is 52.8 Å². The Bertz CT molecular complexity index is 808. The van der Waals surface area contributed by atoms with Gasteiger partial charge in [0.15, 0.2) is 0 Å². The fraction of sp³-hybridized carbons (Fsp3) is 0.565. The van der Waals surface area contributed by atoms with Crippen LogP contribution in [0.5, 0.6) is 0 Å². The molecular weight excluding hydrogens is 389 g/mol. The second kappa shape index (κ2) is 8.38. The van der Waals surface area contributed by atoms with E-state index in [0.717, 1.165) is 57.5 Å². The molecule has 0 aromatic heterocycles. The van der Waals surface area contributed by atoms with Crippen molar-refractivity contribution in [1.82, 2.24) is 10.2 Å². The van der Waals surface area contributed by atoms with Gasteiger partial charge in [0, 0.05) is 61.2 Å². The van der Waals surface area contributed by atoms with Crippen LogP contribution in [0.3, 0.4) is 0 Å². The van der Waals surface area contributed by atoms with Gasteiger partial charge in [0.25, 0.3) is 0 Å². The molecule has 3 aliphatic heterocycles. The normalized spacial score (nSPS) is 34.3. The topological polar surface area (TPSA) is 36.5 Å². The van der Waals surface area contributed by atoms with E-state index in [1.807, 2.05) is 6.07 Å². The average Bonchev–Trinajstić information content (AvgIpc) is 2.75. The number of anilines is 1. The Kier molecular flexibility index (Phi) is 5.65. The Labute approximate surface area is 177 Å². The summed E-state index contributed by atoms with van der Waals surface area (Å²) in [4.78, 5) is 2.48. The molecule has 2 N–H and O–H groups in total. The first-order valence-electron chi connectivity index (χ1n) is 10.9. The molecule has 1 unspecified atom stereocenters. The third kappa shape index (κ3) is 3.98. The molecule has 4 aliphatic rings. The SMILES string of the molecule is Fc1cc(Cl)cc2c1N[C@@H](C1C=CC=CC1)[C@@H]1CC[C@H](CN3CCNCC3)O[C@H]21. The summed E-state index contributed by atoms with van der Waals surface area (Å²) >= 11 is 6.23. The number of hydrogen-bond acceptors (Lipinski definition) is 4. The Balaban J connectivity index is 1.42. The zero-order valence-electron chi connectivity index (χ0n) is 16.6. The highest BCUT2D eigenvalue weighted by Crippen LogP contribution is 2.49. The van der Waals surface area contributed by atoms with Gasteiger partial charge in [0.2, 0.25) is 0 Å². The number of rotatable bonds is 3. The van der Waals surface area contributed by atoms with Crippen LogP contribution in [0, 0.1) is 17.7 Å². The van der Waals surface area contributed by atoms with Crippen LogP contribution in [0.2, 0.25) is 5.02 Å². The Morgan fingerprint density at radius 2 is 2.03 bits per heavy atom. The lowest BCUT2D eigenvalue weighted by Gasteiger charge is -2.48. The first-order chi connectivity index (χ1) is 14.2. The fourth-order valence-corrected chi connectivity index (χ4v) is 5.64. The summed E-state index contributed by atoms with van der Waals surface area (Å²) in [6.07, 6.45) is 11.8. The van der Waals surface area contributed by atoms with E-state index in [1.54, 1.807) is 0 Å². The van der Waals surface area contributed by atoms with Crippen LogP contribution in [0.1, 0.15) is 30.9 Å². The predicted octanol–water partition coefficient (Wildman–Crippen LogP) is 4.15. The van der Waals surface area contributed by atoms with Gasteiger partial charge >= 0.3 is 0 Å². The van der Waals surface area contributed by atoms with Gasteiger partial charge in [-0.1, -0.05) is 35.9 Å². The number of hydrogen-bond donors (Lipinski definition) is 2. The van der Waals surface area contributed by atoms with E-state index >= 15 is 0 Å². The Hall–Kier alpha value is -1.40. The first-order valence-corrected chi connectivity index (χ1v) is 11.2. The lowest BCUT2D eigenvalue weighted by Crippen LogP contribution is -2.51. The minimum absolute atomic E-state index is 0.106. The third-order valence-electron chi connectivity index (χ3n) is 6.86. The molecule has 0 amide bonds. The summed E-state index contributed by atoms with van der Waals surface area (Å²) in [6, 6.07) is 3.47. The van der Waals surface area contributed by atoms with E-state index in [0.29, 0.717) is 22.5 Å². The molecule has 1 aliphatic carbocycles. The van der Waals surface area contributed by atoms with Crippen molar-refractivity contribution in [3.63, 3.8) is 0 Å². The molecule has 6 heteroatoms. The highest BCUT2D eigenvalue weighted by molar-refractivity contribution is 6.30. The second-order valence-corrected chi connectivity index (χ2v) is 9.14. The predicted molar refractivity (Wildman–Crippen MR) is 115 cm³/mol. The van der Waals surface area contributed by atoms with Crippen LogP contribution >= 0.6 is 11.6 Å². The van der Waals surface area contributed by atoms with E-state index in [1.165, 1.54) is 6.07 Å². The molecular formula is C23H29ClFN3O. The van der Waals surface area contributed by atoms with Crippen LogP contribution in [-0.4, -0.2) is 49.8 Å². The maximum atomic E-state index is 14.9. The lowest BCUT2D eigenvalue weighted by molar-refractivity contribution is -0.105. The number of halogens is 2. The molecule has 1 aromatic rings. The number of benzene rings is 1. The molecule has 0 bridgehead atoms. The zero-order valence-corrected chi connectivity index (χ0v) is 17.4. The standard InChI is InChI=1S/C23H29ClFN3O/c24-16-12-19-22(20(25)13-16)27-21(15-4-2-1-3-5-15)18-7-6-17(29-23(18)19)14-28-10-8-26-9-11-28/h1-4,12-13,15,17-18,21,23,26-27H,5-11,14H2/t15?,17-,18+,21+,23+/m1/s1. The monoisotopic (exact) mass is 417 g/mol. The van der Waals surface area contributed by atoms with Crippen LogP contribution < -0.4 is 10.6 Å². The molecule has 5 rings (SSSR count).